The van der Waals surface area contributed by atoms with Crippen molar-refractivity contribution < 1.29 is 4.79 Å². The fourth-order valence-corrected chi connectivity index (χ4v) is 2.85. The average molecular weight is 275 g/mol. The third-order valence-electron chi connectivity index (χ3n) is 3.67. The third-order valence-corrected chi connectivity index (χ3v) is 4.11. The van der Waals surface area contributed by atoms with Gasteiger partial charge in [-0.05, 0) is 24.5 Å². The summed E-state index contributed by atoms with van der Waals surface area (Å²) < 4.78 is 0. The van der Waals surface area contributed by atoms with Gasteiger partial charge in [0.05, 0.1) is 11.1 Å². The summed E-state index contributed by atoms with van der Waals surface area (Å²) >= 11 is 5.87. The molecule has 1 amide bonds. The van der Waals surface area contributed by atoms with Crippen LogP contribution in [0.4, 0.5) is 0 Å². The fourth-order valence-electron chi connectivity index (χ4n) is 2.60. The van der Waals surface area contributed by atoms with Crippen molar-refractivity contribution in [3.05, 3.63) is 42.1 Å². The van der Waals surface area contributed by atoms with Crippen molar-refractivity contribution in [2.75, 3.05) is 19.0 Å². The molecule has 1 fully saturated rings. The molecule has 1 atom stereocenters. The second-order valence-corrected chi connectivity index (χ2v) is 5.24. The van der Waals surface area contributed by atoms with Crippen molar-refractivity contribution in [3.63, 3.8) is 0 Å². The summed E-state index contributed by atoms with van der Waals surface area (Å²) in [5.74, 6) is 1.14. The standard InChI is InChI=1S/C15H15ClN2O/c16-9-11-6-8-18(10-11)15(19)13-5-7-17-14-4-2-1-3-12(13)14/h1-5,7,11H,6,8-10H2. The molecule has 98 valence electrons. The molecular weight excluding hydrogens is 260 g/mol. The third kappa shape index (κ3) is 2.30. The molecule has 1 unspecified atom stereocenters. The molecule has 1 aliphatic rings. The van der Waals surface area contributed by atoms with Gasteiger partial charge in [0, 0.05) is 30.6 Å². The summed E-state index contributed by atoms with van der Waals surface area (Å²) in [6, 6.07) is 9.55. The lowest BCUT2D eigenvalue weighted by Gasteiger charge is -2.17. The van der Waals surface area contributed by atoms with E-state index in [-0.39, 0.29) is 5.91 Å². The number of rotatable bonds is 2. The maximum absolute atomic E-state index is 12.6. The van der Waals surface area contributed by atoms with Gasteiger partial charge in [-0.15, -0.1) is 11.6 Å². The quantitative estimate of drug-likeness (QED) is 0.789. The molecule has 0 radical (unpaired) electrons. The highest BCUT2D eigenvalue weighted by Crippen LogP contribution is 2.23. The van der Waals surface area contributed by atoms with Crippen LogP contribution in [0, 0.1) is 5.92 Å². The second-order valence-electron chi connectivity index (χ2n) is 4.94. The fraction of sp³-hybridized carbons (Fsp3) is 0.333. The van der Waals surface area contributed by atoms with Gasteiger partial charge < -0.3 is 4.90 Å². The number of amides is 1. The number of carbonyl (C=O) groups is 1. The zero-order chi connectivity index (χ0) is 13.2. The highest BCUT2D eigenvalue weighted by Gasteiger charge is 2.27. The topological polar surface area (TPSA) is 33.2 Å². The normalized spacial score (nSPS) is 19.0. The van der Waals surface area contributed by atoms with E-state index in [9.17, 15) is 4.79 Å². The van der Waals surface area contributed by atoms with Crippen LogP contribution in [0.15, 0.2) is 36.5 Å². The molecule has 1 aromatic heterocycles. The number of para-hydroxylation sites is 1. The Balaban J connectivity index is 1.94. The van der Waals surface area contributed by atoms with E-state index in [4.69, 9.17) is 11.6 Å². The first-order chi connectivity index (χ1) is 9.29. The predicted octanol–water partition coefficient (Wildman–Crippen LogP) is 2.94. The van der Waals surface area contributed by atoms with E-state index in [0.29, 0.717) is 11.8 Å². The van der Waals surface area contributed by atoms with E-state index in [0.717, 1.165) is 36.0 Å². The van der Waals surface area contributed by atoms with Gasteiger partial charge in [-0.1, -0.05) is 18.2 Å². The van der Waals surface area contributed by atoms with Crippen molar-refractivity contribution in [1.29, 1.82) is 0 Å². The minimum absolute atomic E-state index is 0.0891. The van der Waals surface area contributed by atoms with Crippen molar-refractivity contribution in [3.8, 4) is 0 Å². The number of hydrogen-bond acceptors (Lipinski definition) is 2. The predicted molar refractivity (Wildman–Crippen MR) is 76.5 cm³/mol. The molecule has 0 spiro atoms. The smallest absolute Gasteiger partial charge is 0.254 e. The zero-order valence-corrected chi connectivity index (χ0v) is 11.3. The molecule has 3 nitrogen and oxygen atoms in total. The molecule has 4 heteroatoms. The Morgan fingerprint density at radius 3 is 3.00 bits per heavy atom. The highest BCUT2D eigenvalue weighted by atomic mass is 35.5. The van der Waals surface area contributed by atoms with Crippen LogP contribution in [0.25, 0.3) is 10.9 Å². The van der Waals surface area contributed by atoms with Gasteiger partial charge in [0.15, 0.2) is 0 Å². The number of likely N-dealkylation sites (tertiary alicyclic amines) is 1. The van der Waals surface area contributed by atoms with Crippen LogP contribution in [0.2, 0.25) is 0 Å². The van der Waals surface area contributed by atoms with Crippen molar-refractivity contribution in [2.45, 2.75) is 6.42 Å². The number of pyridine rings is 1. The molecular formula is C15H15ClN2O. The summed E-state index contributed by atoms with van der Waals surface area (Å²) in [6.07, 6.45) is 2.70. The summed E-state index contributed by atoms with van der Waals surface area (Å²) in [4.78, 5) is 18.8. The summed E-state index contributed by atoms with van der Waals surface area (Å²) in [7, 11) is 0. The maximum Gasteiger partial charge on any atom is 0.254 e. The van der Waals surface area contributed by atoms with Gasteiger partial charge in [0.1, 0.15) is 0 Å². The van der Waals surface area contributed by atoms with Crippen LogP contribution < -0.4 is 0 Å². The molecule has 0 aliphatic carbocycles. The maximum atomic E-state index is 12.6. The minimum atomic E-state index is 0.0891. The molecule has 2 aromatic rings. The number of aromatic nitrogens is 1. The van der Waals surface area contributed by atoms with E-state index < -0.39 is 0 Å². The largest absolute Gasteiger partial charge is 0.338 e. The Bertz CT molecular complexity index is 609. The molecule has 1 aromatic carbocycles. The van der Waals surface area contributed by atoms with Crippen LogP contribution >= 0.6 is 11.6 Å². The molecule has 1 saturated heterocycles. The van der Waals surface area contributed by atoms with E-state index in [1.165, 1.54) is 0 Å². The Morgan fingerprint density at radius 1 is 1.37 bits per heavy atom. The van der Waals surface area contributed by atoms with Crippen LogP contribution in [0.1, 0.15) is 16.8 Å². The van der Waals surface area contributed by atoms with E-state index in [2.05, 4.69) is 4.98 Å². The van der Waals surface area contributed by atoms with E-state index in [1.807, 2.05) is 29.2 Å². The highest BCUT2D eigenvalue weighted by molar-refractivity contribution is 6.18. The summed E-state index contributed by atoms with van der Waals surface area (Å²) in [5.41, 5.74) is 1.60. The van der Waals surface area contributed by atoms with Crippen LogP contribution in [0.3, 0.4) is 0 Å². The first-order valence-electron chi connectivity index (χ1n) is 6.48. The number of hydrogen-bond donors (Lipinski definition) is 0. The molecule has 2 heterocycles. The lowest BCUT2D eigenvalue weighted by Crippen LogP contribution is -2.29. The Kier molecular flexibility index (Phi) is 3.38. The van der Waals surface area contributed by atoms with Gasteiger partial charge in [-0.25, -0.2) is 0 Å². The van der Waals surface area contributed by atoms with Gasteiger partial charge in [0.2, 0.25) is 0 Å². The minimum Gasteiger partial charge on any atom is -0.338 e. The Hall–Kier alpha value is -1.61. The Labute approximate surface area is 117 Å². The number of halogens is 1. The summed E-state index contributed by atoms with van der Waals surface area (Å²) in [5, 5.41) is 0.921. The molecule has 0 N–H and O–H groups in total. The van der Waals surface area contributed by atoms with Gasteiger partial charge in [-0.2, -0.15) is 0 Å². The van der Waals surface area contributed by atoms with Gasteiger partial charge in [-0.3, -0.25) is 9.78 Å². The molecule has 19 heavy (non-hydrogen) atoms. The van der Waals surface area contributed by atoms with E-state index >= 15 is 0 Å². The lowest BCUT2D eigenvalue weighted by atomic mass is 10.1. The molecule has 0 saturated carbocycles. The number of alkyl halides is 1. The molecule has 1 aliphatic heterocycles. The first-order valence-corrected chi connectivity index (χ1v) is 7.02. The average Bonchev–Trinajstić information content (AvgIpc) is 2.95. The van der Waals surface area contributed by atoms with Gasteiger partial charge >= 0.3 is 0 Å². The van der Waals surface area contributed by atoms with E-state index in [1.54, 1.807) is 12.3 Å². The van der Waals surface area contributed by atoms with Crippen LogP contribution in [-0.4, -0.2) is 34.8 Å². The van der Waals surface area contributed by atoms with Crippen molar-refractivity contribution >= 4 is 28.4 Å². The lowest BCUT2D eigenvalue weighted by molar-refractivity contribution is 0.0790. The number of nitrogens with zero attached hydrogens (tertiary/aromatic N) is 2. The Morgan fingerprint density at radius 2 is 2.21 bits per heavy atom. The molecule has 3 rings (SSSR count). The number of fused-ring (bicyclic) bond motifs is 1. The van der Waals surface area contributed by atoms with Crippen molar-refractivity contribution in [1.82, 2.24) is 9.88 Å². The molecule has 0 bridgehead atoms. The van der Waals surface area contributed by atoms with Crippen LogP contribution in [-0.2, 0) is 0 Å². The number of carbonyl (C=O) groups excluding carboxylic acids is 1. The monoisotopic (exact) mass is 274 g/mol. The van der Waals surface area contributed by atoms with Gasteiger partial charge in [0.25, 0.3) is 5.91 Å². The zero-order valence-electron chi connectivity index (χ0n) is 10.6. The van der Waals surface area contributed by atoms with Crippen molar-refractivity contribution in [2.24, 2.45) is 5.92 Å². The SMILES string of the molecule is O=C(c1ccnc2ccccc12)N1CCC(CCl)C1. The number of benzene rings is 1. The van der Waals surface area contributed by atoms with Crippen LogP contribution in [0.5, 0.6) is 0 Å². The first kappa shape index (κ1) is 12.4. The summed E-state index contributed by atoms with van der Waals surface area (Å²) in [6.45, 7) is 1.56. The second kappa shape index (κ2) is 5.17.